The molecule has 0 aliphatic carbocycles. The number of fused-ring (bicyclic) bond motifs is 6. The van der Waals surface area contributed by atoms with Crippen LogP contribution in [0.1, 0.15) is 50.9 Å². The topological polar surface area (TPSA) is 30.7 Å². The van der Waals surface area contributed by atoms with Crippen molar-refractivity contribution in [3.8, 4) is 11.3 Å². The summed E-state index contributed by atoms with van der Waals surface area (Å²) in [6, 6.07) is 26.4. The van der Waals surface area contributed by atoms with Gasteiger partial charge in [0.1, 0.15) is 11.5 Å². The molecule has 4 aromatic carbocycles. The molecule has 3 heteroatoms. The van der Waals surface area contributed by atoms with Crippen LogP contribution in [0, 0.1) is 0 Å². The van der Waals surface area contributed by atoms with E-state index in [0.29, 0.717) is 5.92 Å². The maximum absolute atomic E-state index is 5.21. The number of aryl methyl sites for hydroxylation is 1. The van der Waals surface area contributed by atoms with Crippen LogP contribution < -0.4 is 0 Å². The van der Waals surface area contributed by atoms with Gasteiger partial charge in [-0.15, -0.1) is 0 Å². The van der Waals surface area contributed by atoms with E-state index in [-0.39, 0.29) is 5.92 Å². The zero-order chi connectivity index (χ0) is 23.6. The molecule has 0 amide bonds. The molecule has 168 valence electrons. The van der Waals surface area contributed by atoms with Crippen molar-refractivity contribution in [2.24, 2.45) is 7.05 Å². The van der Waals surface area contributed by atoms with Gasteiger partial charge in [-0.3, -0.25) is 0 Å². The third kappa shape index (κ3) is 2.96. The van der Waals surface area contributed by atoms with E-state index in [0.717, 1.165) is 22.6 Å². The van der Waals surface area contributed by atoms with E-state index < -0.39 is 0 Å². The van der Waals surface area contributed by atoms with E-state index in [1.807, 2.05) is 0 Å². The van der Waals surface area contributed by atoms with Crippen LogP contribution in [0.15, 0.2) is 72.8 Å². The minimum atomic E-state index is 0.235. The molecule has 6 aromatic rings. The largest absolute Gasteiger partial charge is 0.328 e. The zero-order valence-corrected chi connectivity index (χ0v) is 20.4. The van der Waals surface area contributed by atoms with Gasteiger partial charge in [0.15, 0.2) is 0 Å². The average Bonchev–Trinajstić information content (AvgIpc) is 3.15. The summed E-state index contributed by atoms with van der Waals surface area (Å²) in [6.07, 6.45) is 0. The van der Waals surface area contributed by atoms with Crippen LogP contribution in [0.2, 0.25) is 0 Å². The highest BCUT2D eigenvalue weighted by molar-refractivity contribution is 6.21. The summed E-state index contributed by atoms with van der Waals surface area (Å²) in [5.41, 5.74) is 5.79. The first-order valence-electron chi connectivity index (χ1n) is 12.2. The predicted molar refractivity (Wildman–Crippen MR) is 145 cm³/mol. The summed E-state index contributed by atoms with van der Waals surface area (Å²) in [4.78, 5) is 10.3. The van der Waals surface area contributed by atoms with Gasteiger partial charge in [0.05, 0.1) is 16.6 Å². The van der Waals surface area contributed by atoms with Gasteiger partial charge < -0.3 is 4.57 Å². The molecule has 3 nitrogen and oxygen atoms in total. The molecule has 0 aliphatic heterocycles. The molecule has 0 spiro atoms. The fourth-order valence-corrected chi connectivity index (χ4v) is 5.37. The normalized spacial score (nSPS) is 12.2. The van der Waals surface area contributed by atoms with Crippen LogP contribution in [0.25, 0.3) is 54.7 Å². The Morgan fingerprint density at radius 2 is 1.35 bits per heavy atom. The molecule has 0 fully saturated rings. The lowest BCUT2D eigenvalue weighted by atomic mass is 9.91. The van der Waals surface area contributed by atoms with Crippen LogP contribution in [0.3, 0.4) is 0 Å². The first-order chi connectivity index (χ1) is 16.5. The lowest BCUT2D eigenvalue weighted by Crippen LogP contribution is -2.02. The van der Waals surface area contributed by atoms with E-state index in [2.05, 4.69) is 112 Å². The highest BCUT2D eigenvalue weighted by Gasteiger charge is 2.21. The average molecular weight is 444 g/mol. The molecule has 34 heavy (non-hydrogen) atoms. The third-order valence-electron chi connectivity index (χ3n) is 7.08. The van der Waals surface area contributed by atoms with E-state index >= 15 is 0 Å². The monoisotopic (exact) mass is 443 g/mol. The molecule has 0 N–H and O–H groups in total. The lowest BCUT2D eigenvalue weighted by molar-refractivity contribution is 0.778. The van der Waals surface area contributed by atoms with Gasteiger partial charge in [-0.2, -0.15) is 0 Å². The predicted octanol–water partition coefficient (Wildman–Crippen LogP) is 8.34. The highest BCUT2D eigenvalue weighted by atomic mass is 15.1. The van der Waals surface area contributed by atoms with Crippen LogP contribution in [-0.2, 0) is 7.05 Å². The number of aromatic nitrogens is 3. The van der Waals surface area contributed by atoms with Gasteiger partial charge in [0.25, 0.3) is 0 Å². The van der Waals surface area contributed by atoms with Crippen molar-refractivity contribution < 1.29 is 0 Å². The van der Waals surface area contributed by atoms with Gasteiger partial charge in [0, 0.05) is 29.3 Å². The maximum atomic E-state index is 5.21. The quantitative estimate of drug-likeness (QED) is 0.275. The molecule has 0 atom stereocenters. The van der Waals surface area contributed by atoms with Crippen molar-refractivity contribution in [1.29, 1.82) is 0 Å². The van der Waals surface area contributed by atoms with Crippen LogP contribution in [0.5, 0.6) is 0 Å². The van der Waals surface area contributed by atoms with Crippen LogP contribution in [-0.4, -0.2) is 14.5 Å². The Hall–Kier alpha value is -3.72. The molecule has 2 aromatic heterocycles. The molecule has 0 saturated heterocycles. The SMILES string of the molecule is CC(C)c1nc(-c2ccc(C(C)C)c3ccccc23)c2c3ccc4ccccc4c3n(C)c2n1. The second kappa shape index (κ2) is 7.66. The summed E-state index contributed by atoms with van der Waals surface area (Å²) < 4.78 is 2.26. The zero-order valence-electron chi connectivity index (χ0n) is 20.4. The van der Waals surface area contributed by atoms with Crippen molar-refractivity contribution in [3.05, 3.63) is 84.2 Å². The summed E-state index contributed by atoms with van der Waals surface area (Å²) >= 11 is 0. The molecular weight excluding hydrogens is 414 g/mol. The Balaban J connectivity index is 1.81. The molecule has 0 aliphatic rings. The third-order valence-corrected chi connectivity index (χ3v) is 7.08. The molecule has 0 radical (unpaired) electrons. The summed E-state index contributed by atoms with van der Waals surface area (Å²) in [7, 11) is 2.14. The van der Waals surface area contributed by atoms with E-state index in [9.17, 15) is 0 Å². The minimum Gasteiger partial charge on any atom is -0.328 e. The number of rotatable bonds is 3. The lowest BCUT2D eigenvalue weighted by Gasteiger charge is -2.15. The van der Waals surface area contributed by atoms with Crippen molar-refractivity contribution in [3.63, 3.8) is 0 Å². The summed E-state index contributed by atoms with van der Waals surface area (Å²) in [5, 5.41) is 7.39. The van der Waals surface area contributed by atoms with E-state index in [1.54, 1.807) is 0 Å². The van der Waals surface area contributed by atoms with Crippen LogP contribution in [0.4, 0.5) is 0 Å². The van der Waals surface area contributed by atoms with Gasteiger partial charge >= 0.3 is 0 Å². The van der Waals surface area contributed by atoms with Gasteiger partial charge in [-0.1, -0.05) is 100 Å². The number of benzene rings is 4. The molecule has 0 saturated carbocycles. The molecule has 0 bridgehead atoms. The van der Waals surface area contributed by atoms with Gasteiger partial charge in [-0.05, 0) is 27.6 Å². The van der Waals surface area contributed by atoms with E-state index in [1.165, 1.54) is 43.6 Å². The Morgan fingerprint density at radius 1 is 0.647 bits per heavy atom. The van der Waals surface area contributed by atoms with Crippen molar-refractivity contribution in [2.45, 2.75) is 39.5 Å². The Morgan fingerprint density at radius 3 is 2.09 bits per heavy atom. The smallest absolute Gasteiger partial charge is 0.145 e. The Kier molecular flexibility index (Phi) is 4.70. The number of hydrogen-bond donors (Lipinski definition) is 0. The van der Waals surface area contributed by atoms with Gasteiger partial charge in [-0.25, -0.2) is 9.97 Å². The second-order valence-corrected chi connectivity index (χ2v) is 9.93. The van der Waals surface area contributed by atoms with Crippen molar-refractivity contribution in [1.82, 2.24) is 14.5 Å². The molecule has 0 unspecified atom stereocenters. The minimum absolute atomic E-state index is 0.235. The molecule has 2 heterocycles. The summed E-state index contributed by atoms with van der Waals surface area (Å²) in [5.74, 6) is 1.58. The van der Waals surface area contributed by atoms with Gasteiger partial charge in [0.2, 0.25) is 0 Å². The fraction of sp³-hybridized carbons (Fsp3) is 0.226. The second-order valence-electron chi connectivity index (χ2n) is 9.93. The van der Waals surface area contributed by atoms with E-state index in [4.69, 9.17) is 9.97 Å². The standard InChI is InChI=1S/C31H29N3/c1-18(2)21-16-17-25(24-13-9-8-12-23(21)24)28-27-26-15-14-20-10-6-7-11-22(20)29(26)34(5)31(27)33-30(32-28)19(3)4/h6-19H,1-5H3. The fourth-order valence-electron chi connectivity index (χ4n) is 5.37. The number of nitrogens with zero attached hydrogens (tertiary/aromatic N) is 3. The van der Waals surface area contributed by atoms with Crippen LogP contribution >= 0.6 is 0 Å². The Bertz CT molecular complexity index is 1720. The first kappa shape index (κ1) is 20.9. The maximum Gasteiger partial charge on any atom is 0.145 e. The molecule has 6 rings (SSSR count). The Labute approximate surface area is 200 Å². The highest BCUT2D eigenvalue weighted by Crippen LogP contribution is 2.41. The molecular formula is C31H29N3. The first-order valence-corrected chi connectivity index (χ1v) is 12.2. The van der Waals surface area contributed by atoms with Crippen molar-refractivity contribution >= 4 is 43.5 Å². The number of hydrogen-bond acceptors (Lipinski definition) is 2. The van der Waals surface area contributed by atoms with Crippen molar-refractivity contribution in [2.75, 3.05) is 0 Å². The summed E-state index contributed by atoms with van der Waals surface area (Å²) in [6.45, 7) is 8.86.